The first kappa shape index (κ1) is 28.8. The Bertz CT molecular complexity index is 1800. The summed E-state index contributed by atoms with van der Waals surface area (Å²) >= 11 is 4.89. The minimum atomic E-state index is -0.0411. The van der Waals surface area contributed by atoms with E-state index in [1.54, 1.807) is 4.90 Å². The summed E-state index contributed by atoms with van der Waals surface area (Å²) in [6.45, 7) is 5.14. The van der Waals surface area contributed by atoms with Crippen LogP contribution in [0, 0.1) is 13.8 Å². The van der Waals surface area contributed by atoms with Crippen LogP contribution in [-0.4, -0.2) is 20.5 Å². The summed E-state index contributed by atoms with van der Waals surface area (Å²) < 4.78 is 9.26. The minimum absolute atomic E-state index is 0.0411. The second-order valence-corrected chi connectivity index (χ2v) is 12.2. The zero-order valence-electron chi connectivity index (χ0n) is 23.9. The molecule has 1 fully saturated rings. The van der Waals surface area contributed by atoms with Gasteiger partial charge in [-0.2, -0.15) is 0 Å². The third-order valence-electron chi connectivity index (χ3n) is 7.22. The molecule has 0 radical (unpaired) electrons. The van der Waals surface area contributed by atoms with Crippen LogP contribution in [0.1, 0.15) is 28.1 Å². The van der Waals surface area contributed by atoms with Gasteiger partial charge in [-0.25, -0.2) is 4.99 Å². The molecule has 1 saturated heterocycles. The SMILES string of the molecule is Cc1cc(/C=C2\SC(=Nc3ccccc3)N(Cc3ccccc3)C2=O)c(C)n1-c1ccc(OCc2ccc(Br)cc2)cc1. The monoisotopic (exact) mass is 647 g/mol. The van der Waals surface area contributed by atoms with E-state index in [1.807, 2.05) is 103 Å². The molecule has 2 heterocycles. The average molecular weight is 649 g/mol. The molecule has 5 nitrogen and oxygen atoms in total. The van der Waals surface area contributed by atoms with Crippen LogP contribution in [0.4, 0.5) is 5.69 Å². The Morgan fingerprint density at radius 2 is 1.51 bits per heavy atom. The number of ether oxygens (including phenoxy) is 1. The number of aliphatic imine (C=N–C) groups is 1. The van der Waals surface area contributed by atoms with Gasteiger partial charge in [-0.05, 0) is 103 Å². The number of aryl methyl sites for hydroxylation is 1. The van der Waals surface area contributed by atoms with Crippen molar-refractivity contribution in [1.82, 2.24) is 9.47 Å². The zero-order chi connectivity index (χ0) is 29.8. The van der Waals surface area contributed by atoms with Gasteiger partial charge in [-0.3, -0.25) is 9.69 Å². The van der Waals surface area contributed by atoms with Crippen LogP contribution < -0.4 is 4.74 Å². The smallest absolute Gasteiger partial charge is 0.267 e. The third kappa shape index (κ3) is 6.69. The molecular formula is C36H30BrN3O2S. The van der Waals surface area contributed by atoms with Crippen LogP contribution in [0.2, 0.25) is 0 Å². The Labute approximate surface area is 264 Å². The van der Waals surface area contributed by atoms with E-state index in [0.29, 0.717) is 23.2 Å². The van der Waals surface area contributed by atoms with Crippen molar-refractivity contribution < 1.29 is 9.53 Å². The molecule has 0 aliphatic carbocycles. The molecule has 0 atom stereocenters. The third-order valence-corrected chi connectivity index (χ3v) is 8.76. The number of carbonyl (C=O) groups is 1. The molecule has 7 heteroatoms. The second kappa shape index (κ2) is 12.9. The van der Waals surface area contributed by atoms with Gasteiger partial charge in [0.1, 0.15) is 12.4 Å². The average Bonchev–Trinajstić information content (AvgIpc) is 3.47. The van der Waals surface area contributed by atoms with Gasteiger partial charge < -0.3 is 9.30 Å². The number of amidine groups is 1. The molecule has 1 amide bonds. The number of amides is 1. The van der Waals surface area contributed by atoms with Crippen LogP contribution in [0.3, 0.4) is 0 Å². The number of rotatable bonds is 8. The van der Waals surface area contributed by atoms with Crippen molar-refractivity contribution in [3.05, 3.63) is 153 Å². The molecule has 214 valence electrons. The van der Waals surface area contributed by atoms with E-state index in [4.69, 9.17) is 9.73 Å². The standard InChI is InChI=1S/C36H30BrN3O2S/c1-25-21-29(26(2)40(25)32-17-19-33(20-18-32)42-24-28-13-15-30(37)16-14-28)22-34-35(41)39(23-27-9-5-3-6-10-27)36(43-34)38-31-11-7-4-8-12-31/h3-22H,23-24H2,1-2H3/b34-22-,38-36?. The first-order valence-electron chi connectivity index (χ1n) is 14.0. The molecule has 0 bridgehead atoms. The lowest BCUT2D eigenvalue weighted by Gasteiger charge is -2.15. The summed E-state index contributed by atoms with van der Waals surface area (Å²) in [6.07, 6.45) is 1.99. The molecule has 0 spiro atoms. The zero-order valence-corrected chi connectivity index (χ0v) is 26.3. The first-order chi connectivity index (χ1) is 20.9. The topological polar surface area (TPSA) is 46.8 Å². The van der Waals surface area contributed by atoms with Gasteiger partial charge in [0.2, 0.25) is 0 Å². The number of hydrogen-bond donors (Lipinski definition) is 0. The Balaban J connectivity index is 1.24. The van der Waals surface area contributed by atoms with Crippen LogP contribution in [0.15, 0.2) is 130 Å². The predicted octanol–water partition coefficient (Wildman–Crippen LogP) is 9.24. The number of thioether (sulfide) groups is 1. The molecular weight excluding hydrogens is 618 g/mol. The Morgan fingerprint density at radius 1 is 0.837 bits per heavy atom. The van der Waals surface area contributed by atoms with Gasteiger partial charge in [0.25, 0.3) is 5.91 Å². The Morgan fingerprint density at radius 3 is 2.21 bits per heavy atom. The number of hydrogen-bond acceptors (Lipinski definition) is 4. The molecule has 5 aromatic rings. The van der Waals surface area contributed by atoms with Crippen molar-refractivity contribution in [1.29, 1.82) is 0 Å². The fraction of sp³-hybridized carbons (Fsp3) is 0.111. The highest BCUT2D eigenvalue weighted by Crippen LogP contribution is 2.36. The van der Waals surface area contributed by atoms with Gasteiger partial charge >= 0.3 is 0 Å². The quantitative estimate of drug-likeness (QED) is 0.158. The molecule has 1 aliphatic heterocycles. The van der Waals surface area contributed by atoms with Gasteiger partial charge in [0, 0.05) is 21.5 Å². The van der Waals surface area contributed by atoms with Crippen molar-refractivity contribution >= 4 is 50.5 Å². The highest BCUT2D eigenvalue weighted by Gasteiger charge is 2.33. The first-order valence-corrected chi connectivity index (χ1v) is 15.6. The van der Waals surface area contributed by atoms with E-state index in [2.05, 4.69) is 52.5 Å². The largest absolute Gasteiger partial charge is 0.489 e. The number of nitrogens with zero attached hydrogens (tertiary/aromatic N) is 3. The van der Waals surface area contributed by atoms with E-state index in [9.17, 15) is 4.79 Å². The van der Waals surface area contributed by atoms with Crippen LogP contribution >= 0.6 is 27.7 Å². The second-order valence-electron chi connectivity index (χ2n) is 10.3. The lowest BCUT2D eigenvalue weighted by Crippen LogP contribution is -2.28. The van der Waals surface area contributed by atoms with Gasteiger partial charge in [0.15, 0.2) is 5.17 Å². The maximum Gasteiger partial charge on any atom is 0.267 e. The molecule has 0 unspecified atom stereocenters. The highest BCUT2D eigenvalue weighted by atomic mass is 79.9. The molecule has 6 rings (SSSR count). The van der Waals surface area contributed by atoms with Gasteiger partial charge in [-0.1, -0.05) is 76.6 Å². The summed E-state index contributed by atoms with van der Waals surface area (Å²) in [6, 6.07) is 38.2. The van der Waals surface area contributed by atoms with E-state index < -0.39 is 0 Å². The van der Waals surface area contributed by atoms with Gasteiger partial charge in [0.05, 0.1) is 17.1 Å². The predicted molar refractivity (Wildman–Crippen MR) is 180 cm³/mol. The lowest BCUT2D eigenvalue weighted by atomic mass is 10.2. The van der Waals surface area contributed by atoms with Crippen molar-refractivity contribution in [2.75, 3.05) is 0 Å². The molecule has 1 aliphatic rings. The van der Waals surface area contributed by atoms with Crippen molar-refractivity contribution in [3.63, 3.8) is 0 Å². The molecule has 4 aromatic carbocycles. The number of benzene rings is 4. The normalized spacial score (nSPS) is 15.0. The molecule has 0 N–H and O–H groups in total. The summed E-state index contributed by atoms with van der Waals surface area (Å²) in [5, 5.41) is 0.679. The Kier molecular flexibility index (Phi) is 8.63. The number of carbonyl (C=O) groups excluding carboxylic acids is 1. The van der Waals surface area contributed by atoms with Crippen LogP contribution in [-0.2, 0) is 17.9 Å². The van der Waals surface area contributed by atoms with E-state index >= 15 is 0 Å². The number of para-hydroxylation sites is 1. The molecule has 1 aromatic heterocycles. The van der Waals surface area contributed by atoms with E-state index in [-0.39, 0.29) is 5.91 Å². The van der Waals surface area contributed by atoms with Crippen molar-refractivity contribution in [2.24, 2.45) is 4.99 Å². The summed E-state index contributed by atoms with van der Waals surface area (Å²) in [5.74, 6) is 0.772. The molecule has 43 heavy (non-hydrogen) atoms. The van der Waals surface area contributed by atoms with Crippen LogP contribution in [0.5, 0.6) is 5.75 Å². The minimum Gasteiger partial charge on any atom is -0.489 e. The summed E-state index contributed by atoms with van der Waals surface area (Å²) in [4.78, 5) is 21.0. The molecule has 0 saturated carbocycles. The van der Waals surface area contributed by atoms with Crippen molar-refractivity contribution in [3.8, 4) is 11.4 Å². The van der Waals surface area contributed by atoms with Crippen molar-refractivity contribution in [2.45, 2.75) is 27.0 Å². The van der Waals surface area contributed by atoms with E-state index in [0.717, 1.165) is 49.7 Å². The number of aromatic nitrogens is 1. The fourth-order valence-corrected chi connectivity index (χ4v) is 6.27. The van der Waals surface area contributed by atoms with Crippen LogP contribution in [0.25, 0.3) is 11.8 Å². The number of halogens is 1. The van der Waals surface area contributed by atoms with E-state index in [1.165, 1.54) is 11.8 Å². The maximum atomic E-state index is 13.7. The lowest BCUT2D eigenvalue weighted by molar-refractivity contribution is -0.122. The maximum absolute atomic E-state index is 13.7. The highest BCUT2D eigenvalue weighted by molar-refractivity contribution is 9.10. The fourth-order valence-electron chi connectivity index (χ4n) is 5.02. The van der Waals surface area contributed by atoms with Gasteiger partial charge in [-0.15, -0.1) is 0 Å². The Hall–Kier alpha value is -4.33. The summed E-state index contributed by atoms with van der Waals surface area (Å²) in [5.41, 5.74) is 7.18. The summed E-state index contributed by atoms with van der Waals surface area (Å²) in [7, 11) is 0.